The van der Waals surface area contributed by atoms with Gasteiger partial charge < -0.3 is 4.42 Å². The lowest BCUT2D eigenvalue weighted by molar-refractivity contribution is 0.577. The Bertz CT molecular complexity index is 918. The summed E-state index contributed by atoms with van der Waals surface area (Å²) in [6.07, 6.45) is 1.55. The first-order valence-corrected chi connectivity index (χ1v) is 9.01. The van der Waals surface area contributed by atoms with Gasteiger partial charge in [-0.3, -0.25) is 0 Å². The number of sulfonamides is 1. The third-order valence-electron chi connectivity index (χ3n) is 3.15. The first kappa shape index (κ1) is 15.9. The predicted molar refractivity (Wildman–Crippen MR) is 85.0 cm³/mol. The summed E-state index contributed by atoms with van der Waals surface area (Å²) in [4.78, 5) is 5.04. The van der Waals surface area contributed by atoms with Gasteiger partial charge in [-0.1, -0.05) is 6.07 Å². The Balaban J connectivity index is 1.78. The maximum Gasteiger partial charge on any atom is 0.241 e. The van der Waals surface area contributed by atoms with E-state index < -0.39 is 15.8 Å². The van der Waals surface area contributed by atoms with Gasteiger partial charge in [0.1, 0.15) is 5.82 Å². The average molecular weight is 352 g/mol. The number of halogens is 1. The molecule has 0 aliphatic rings. The molecule has 0 saturated carbocycles. The van der Waals surface area contributed by atoms with Crippen LogP contribution in [-0.4, -0.2) is 13.4 Å². The van der Waals surface area contributed by atoms with E-state index in [0.717, 1.165) is 16.6 Å². The minimum Gasteiger partial charge on any atom is -0.462 e. The minimum atomic E-state index is -3.78. The first-order valence-electron chi connectivity index (χ1n) is 6.71. The maximum absolute atomic E-state index is 13.2. The number of nitrogens with zero attached hydrogens (tertiary/aromatic N) is 1. The van der Waals surface area contributed by atoms with Crippen LogP contribution in [0.25, 0.3) is 10.8 Å². The highest BCUT2D eigenvalue weighted by Crippen LogP contribution is 2.28. The van der Waals surface area contributed by atoms with Crippen molar-refractivity contribution in [2.45, 2.75) is 18.4 Å². The van der Waals surface area contributed by atoms with Gasteiger partial charge in [0.25, 0.3) is 0 Å². The number of benzene rings is 1. The minimum absolute atomic E-state index is 0.0864. The monoisotopic (exact) mass is 352 g/mol. The summed E-state index contributed by atoms with van der Waals surface area (Å²) in [7, 11) is -3.78. The summed E-state index contributed by atoms with van der Waals surface area (Å²) >= 11 is 1.35. The average Bonchev–Trinajstić information content (AvgIpc) is 3.15. The van der Waals surface area contributed by atoms with Gasteiger partial charge in [-0.2, -0.15) is 0 Å². The summed E-state index contributed by atoms with van der Waals surface area (Å²) < 4.78 is 45.3. The molecule has 23 heavy (non-hydrogen) atoms. The van der Waals surface area contributed by atoms with Crippen LogP contribution in [0.1, 0.15) is 10.6 Å². The Morgan fingerprint density at radius 3 is 2.83 bits per heavy atom. The lowest BCUT2D eigenvalue weighted by Gasteiger charge is -2.06. The Labute approximate surface area is 136 Å². The molecule has 5 nitrogen and oxygen atoms in total. The summed E-state index contributed by atoms with van der Waals surface area (Å²) in [5.41, 5.74) is 0.725. The van der Waals surface area contributed by atoms with Gasteiger partial charge in [0.15, 0.2) is 10.8 Å². The molecule has 0 atom stereocenters. The van der Waals surface area contributed by atoms with Crippen LogP contribution >= 0.6 is 11.3 Å². The van der Waals surface area contributed by atoms with Crippen molar-refractivity contribution < 1.29 is 17.2 Å². The van der Waals surface area contributed by atoms with Gasteiger partial charge >= 0.3 is 0 Å². The van der Waals surface area contributed by atoms with Crippen LogP contribution in [0.2, 0.25) is 0 Å². The summed E-state index contributed by atoms with van der Waals surface area (Å²) in [6, 6.07) is 8.44. The Morgan fingerprint density at radius 1 is 1.30 bits per heavy atom. The van der Waals surface area contributed by atoms with E-state index in [1.54, 1.807) is 25.3 Å². The van der Waals surface area contributed by atoms with Gasteiger partial charge in [0.2, 0.25) is 10.0 Å². The van der Waals surface area contributed by atoms with Crippen LogP contribution in [0.5, 0.6) is 0 Å². The third kappa shape index (κ3) is 3.49. The molecule has 120 valence electrons. The molecule has 0 aliphatic carbocycles. The largest absolute Gasteiger partial charge is 0.462 e. The number of furan rings is 1. The molecule has 0 amide bonds. The van der Waals surface area contributed by atoms with Gasteiger partial charge in [-0.15, -0.1) is 11.3 Å². The molecule has 2 heterocycles. The third-order valence-corrected chi connectivity index (χ3v) is 5.72. The van der Waals surface area contributed by atoms with Crippen molar-refractivity contribution in [3.63, 3.8) is 0 Å². The molecule has 3 rings (SSSR count). The highest BCUT2D eigenvalue weighted by molar-refractivity contribution is 7.89. The van der Waals surface area contributed by atoms with E-state index in [2.05, 4.69) is 9.71 Å². The number of aromatic nitrogens is 1. The van der Waals surface area contributed by atoms with Crippen molar-refractivity contribution in [1.82, 2.24) is 9.71 Å². The van der Waals surface area contributed by atoms with E-state index in [4.69, 9.17) is 4.42 Å². The van der Waals surface area contributed by atoms with Crippen LogP contribution in [0.4, 0.5) is 4.39 Å². The molecule has 0 aliphatic heterocycles. The molecular formula is C15H13FN2O3S2. The van der Waals surface area contributed by atoms with Crippen molar-refractivity contribution in [2.24, 2.45) is 0 Å². The molecule has 2 aromatic heterocycles. The van der Waals surface area contributed by atoms with Gasteiger partial charge in [0, 0.05) is 11.4 Å². The number of hydrogen-bond donors (Lipinski definition) is 1. The molecule has 3 aromatic rings. The number of rotatable bonds is 5. The Hall–Kier alpha value is -2.03. The molecule has 1 aromatic carbocycles. The zero-order chi connectivity index (χ0) is 16.4. The highest BCUT2D eigenvalue weighted by Gasteiger charge is 2.17. The number of thiazole rings is 1. The molecule has 0 saturated heterocycles. The number of aryl methyl sites for hydroxylation is 1. The van der Waals surface area contributed by atoms with Crippen LogP contribution in [-0.2, 0) is 16.6 Å². The molecule has 8 heteroatoms. The fraction of sp³-hybridized carbons (Fsp3) is 0.133. The molecule has 0 unspecified atom stereocenters. The van der Waals surface area contributed by atoms with Crippen LogP contribution < -0.4 is 4.72 Å². The second-order valence-corrected chi connectivity index (χ2v) is 7.64. The zero-order valence-electron chi connectivity index (χ0n) is 12.1. The first-order chi connectivity index (χ1) is 11.0. The fourth-order valence-corrected chi connectivity index (χ4v) is 4.06. The van der Waals surface area contributed by atoms with Crippen molar-refractivity contribution in [2.75, 3.05) is 0 Å². The smallest absolute Gasteiger partial charge is 0.241 e. The number of nitrogens with one attached hydrogen (secondary N) is 1. The van der Waals surface area contributed by atoms with Crippen molar-refractivity contribution in [3.8, 4) is 10.8 Å². The normalized spacial score (nSPS) is 11.7. The molecule has 1 N–H and O–H groups in total. The van der Waals surface area contributed by atoms with E-state index in [0.29, 0.717) is 10.8 Å². The predicted octanol–water partition coefficient (Wildman–Crippen LogP) is 3.33. The van der Waals surface area contributed by atoms with Crippen LogP contribution in [0, 0.1) is 12.7 Å². The highest BCUT2D eigenvalue weighted by atomic mass is 32.2. The van der Waals surface area contributed by atoms with Gasteiger partial charge in [-0.05, 0) is 37.3 Å². The summed E-state index contributed by atoms with van der Waals surface area (Å²) in [5, 5.41) is 0.687. The lowest BCUT2D eigenvalue weighted by atomic mass is 10.4. The molecular weight excluding hydrogens is 339 g/mol. The molecule has 0 radical (unpaired) electrons. The van der Waals surface area contributed by atoms with Gasteiger partial charge in [-0.25, -0.2) is 22.5 Å². The number of hydrogen-bond acceptors (Lipinski definition) is 5. The SMILES string of the molecule is Cc1nc(-c2ccco2)sc1CNS(=O)(=O)c1cccc(F)c1. The van der Waals surface area contributed by atoms with E-state index >= 15 is 0 Å². The van der Waals surface area contributed by atoms with Crippen LogP contribution in [0.15, 0.2) is 52.0 Å². The van der Waals surface area contributed by atoms with Crippen molar-refractivity contribution >= 4 is 21.4 Å². The zero-order valence-corrected chi connectivity index (χ0v) is 13.7. The van der Waals surface area contributed by atoms with E-state index in [1.807, 2.05) is 0 Å². The summed E-state index contributed by atoms with van der Waals surface area (Å²) in [5.74, 6) is 0.0410. The van der Waals surface area contributed by atoms with Crippen molar-refractivity contribution in [1.29, 1.82) is 0 Å². The topological polar surface area (TPSA) is 72.2 Å². The molecule has 0 bridgehead atoms. The summed E-state index contributed by atoms with van der Waals surface area (Å²) in [6.45, 7) is 1.89. The standard InChI is InChI=1S/C15H13FN2O3S2/c1-10-14(22-15(18-10)13-6-3-7-21-13)9-17-23(19,20)12-5-2-4-11(16)8-12/h2-8,17H,9H2,1H3. The second-order valence-electron chi connectivity index (χ2n) is 4.79. The van der Waals surface area contributed by atoms with Crippen molar-refractivity contribution in [3.05, 3.63) is 59.0 Å². The van der Waals surface area contributed by atoms with Gasteiger partial charge in [0.05, 0.1) is 16.9 Å². The van der Waals surface area contributed by atoms with E-state index in [1.165, 1.54) is 29.5 Å². The Morgan fingerprint density at radius 2 is 2.13 bits per heavy atom. The van der Waals surface area contributed by atoms with Crippen LogP contribution in [0.3, 0.4) is 0 Å². The quantitative estimate of drug-likeness (QED) is 0.764. The van der Waals surface area contributed by atoms with E-state index in [-0.39, 0.29) is 11.4 Å². The Kier molecular flexibility index (Phi) is 4.29. The lowest BCUT2D eigenvalue weighted by Crippen LogP contribution is -2.23. The van der Waals surface area contributed by atoms with E-state index in [9.17, 15) is 12.8 Å². The fourth-order valence-electron chi connectivity index (χ4n) is 1.98. The second kappa shape index (κ2) is 6.23. The molecule has 0 fully saturated rings. The molecule has 0 spiro atoms. The maximum atomic E-state index is 13.2.